The van der Waals surface area contributed by atoms with Crippen LogP contribution in [0.15, 0.2) is 15.8 Å². The average molecular weight is 295 g/mol. The van der Waals surface area contributed by atoms with Crippen molar-refractivity contribution in [3.05, 3.63) is 32.6 Å². The normalized spacial score (nSPS) is 19.7. The van der Waals surface area contributed by atoms with E-state index in [9.17, 15) is 14.4 Å². The predicted octanol–water partition coefficient (Wildman–Crippen LogP) is -0.530. The third-order valence-electron chi connectivity index (χ3n) is 3.80. The molecule has 0 spiro atoms. The first-order chi connectivity index (χ1) is 9.93. The third-order valence-corrected chi connectivity index (χ3v) is 3.80. The highest BCUT2D eigenvalue weighted by Crippen LogP contribution is 2.06. The van der Waals surface area contributed by atoms with Gasteiger partial charge in [-0.1, -0.05) is 6.92 Å². The molecule has 0 saturated carbocycles. The lowest BCUT2D eigenvalue weighted by molar-refractivity contribution is -0.0350. The largest absolute Gasteiger partial charge is 0.374 e. The highest BCUT2D eigenvalue weighted by atomic mass is 16.5. The molecule has 1 unspecified atom stereocenters. The van der Waals surface area contributed by atoms with E-state index in [1.165, 1.54) is 24.7 Å². The quantitative estimate of drug-likeness (QED) is 0.698. The summed E-state index contributed by atoms with van der Waals surface area (Å²) in [6.07, 6.45) is 1.23. The Morgan fingerprint density at radius 2 is 2.14 bits per heavy atom. The van der Waals surface area contributed by atoms with Gasteiger partial charge in [-0.15, -0.1) is 0 Å². The summed E-state index contributed by atoms with van der Waals surface area (Å²) in [6, 6.07) is 0. The van der Waals surface area contributed by atoms with Crippen molar-refractivity contribution in [2.75, 3.05) is 26.2 Å². The molecule has 1 saturated heterocycles. The molecule has 7 heteroatoms. The number of morpholine rings is 1. The molecule has 0 amide bonds. The van der Waals surface area contributed by atoms with Gasteiger partial charge < -0.3 is 4.74 Å². The van der Waals surface area contributed by atoms with Crippen LogP contribution < -0.4 is 11.2 Å². The summed E-state index contributed by atoms with van der Waals surface area (Å²) in [5.74, 6) is -0.343. The van der Waals surface area contributed by atoms with Crippen LogP contribution in [0.1, 0.15) is 24.2 Å². The standard InChI is InChI=1S/C14H21N3O4/c1-4-16-5-6-21-11(7-16)8-17-9-12(10(2)18)13(19)15(3)14(17)20/h9,11H,4-8H2,1-3H3. The van der Waals surface area contributed by atoms with Gasteiger partial charge in [0.1, 0.15) is 0 Å². The third kappa shape index (κ3) is 3.30. The van der Waals surface area contributed by atoms with Crippen LogP contribution in [0.4, 0.5) is 0 Å². The van der Waals surface area contributed by atoms with Gasteiger partial charge in [-0.3, -0.25) is 23.6 Å². The van der Waals surface area contributed by atoms with Crippen molar-refractivity contribution in [3.8, 4) is 0 Å². The molecule has 0 N–H and O–H groups in total. The molecule has 21 heavy (non-hydrogen) atoms. The van der Waals surface area contributed by atoms with Crippen LogP contribution >= 0.6 is 0 Å². The molecule has 1 aromatic rings. The minimum absolute atomic E-state index is 0.0280. The topological polar surface area (TPSA) is 73.5 Å². The Morgan fingerprint density at radius 1 is 1.43 bits per heavy atom. The number of ether oxygens (including phenoxy) is 1. The summed E-state index contributed by atoms with van der Waals surface area (Å²) >= 11 is 0. The van der Waals surface area contributed by atoms with Gasteiger partial charge in [-0.25, -0.2) is 4.79 Å². The molecule has 1 atom stereocenters. The van der Waals surface area contributed by atoms with Gasteiger partial charge in [0.25, 0.3) is 5.56 Å². The Labute approximate surface area is 122 Å². The van der Waals surface area contributed by atoms with E-state index in [-0.39, 0.29) is 17.5 Å². The fourth-order valence-electron chi connectivity index (χ4n) is 2.50. The lowest BCUT2D eigenvalue weighted by Crippen LogP contribution is -2.47. The lowest BCUT2D eigenvalue weighted by atomic mass is 10.2. The van der Waals surface area contributed by atoms with E-state index in [4.69, 9.17) is 4.74 Å². The Kier molecular flexibility index (Phi) is 4.74. The number of likely N-dealkylation sites (N-methyl/N-ethyl adjacent to an activating group) is 1. The zero-order chi connectivity index (χ0) is 15.6. The highest BCUT2D eigenvalue weighted by molar-refractivity contribution is 5.93. The van der Waals surface area contributed by atoms with Gasteiger partial charge in [0, 0.05) is 26.3 Å². The van der Waals surface area contributed by atoms with E-state index in [2.05, 4.69) is 11.8 Å². The maximum Gasteiger partial charge on any atom is 0.330 e. The zero-order valence-corrected chi connectivity index (χ0v) is 12.7. The Morgan fingerprint density at radius 3 is 2.76 bits per heavy atom. The van der Waals surface area contributed by atoms with Gasteiger partial charge >= 0.3 is 5.69 Å². The van der Waals surface area contributed by atoms with E-state index in [1.807, 2.05) is 0 Å². The van der Waals surface area contributed by atoms with E-state index in [0.717, 1.165) is 24.2 Å². The van der Waals surface area contributed by atoms with Gasteiger partial charge in [-0.2, -0.15) is 0 Å². The summed E-state index contributed by atoms with van der Waals surface area (Å²) in [4.78, 5) is 37.7. The number of carbonyl (C=O) groups excluding carboxylic acids is 1. The number of Topliss-reactive ketones (excluding diaryl/α,β-unsaturated/α-hetero) is 1. The molecule has 116 valence electrons. The smallest absolute Gasteiger partial charge is 0.330 e. The lowest BCUT2D eigenvalue weighted by Gasteiger charge is -2.32. The van der Waals surface area contributed by atoms with E-state index >= 15 is 0 Å². The predicted molar refractivity (Wildman–Crippen MR) is 77.8 cm³/mol. The van der Waals surface area contributed by atoms with Crippen molar-refractivity contribution in [2.24, 2.45) is 7.05 Å². The fourth-order valence-corrected chi connectivity index (χ4v) is 2.50. The minimum Gasteiger partial charge on any atom is -0.374 e. The summed E-state index contributed by atoms with van der Waals surface area (Å²) < 4.78 is 8.03. The average Bonchev–Trinajstić information content (AvgIpc) is 2.47. The second-order valence-corrected chi connectivity index (χ2v) is 5.28. The van der Waals surface area contributed by atoms with E-state index in [1.54, 1.807) is 0 Å². The SMILES string of the molecule is CCN1CCOC(Cn2cc(C(C)=O)c(=O)n(C)c2=O)C1. The van der Waals surface area contributed by atoms with Crippen molar-refractivity contribution in [2.45, 2.75) is 26.5 Å². The van der Waals surface area contributed by atoms with Crippen molar-refractivity contribution in [3.63, 3.8) is 0 Å². The molecule has 2 heterocycles. The van der Waals surface area contributed by atoms with Crippen LogP contribution in [0.5, 0.6) is 0 Å². The van der Waals surface area contributed by atoms with E-state index in [0.29, 0.717) is 13.2 Å². The molecular formula is C14H21N3O4. The highest BCUT2D eigenvalue weighted by Gasteiger charge is 2.21. The molecule has 0 aliphatic carbocycles. The van der Waals surface area contributed by atoms with Gasteiger partial charge in [0.05, 0.1) is 24.8 Å². The van der Waals surface area contributed by atoms with Crippen LogP contribution in [0.3, 0.4) is 0 Å². The van der Waals surface area contributed by atoms with Crippen molar-refractivity contribution >= 4 is 5.78 Å². The second kappa shape index (κ2) is 6.36. The maximum atomic E-state index is 12.1. The molecular weight excluding hydrogens is 274 g/mol. The molecule has 0 radical (unpaired) electrons. The number of nitrogens with zero attached hydrogens (tertiary/aromatic N) is 3. The van der Waals surface area contributed by atoms with Crippen molar-refractivity contribution in [1.29, 1.82) is 0 Å². The summed E-state index contributed by atoms with van der Waals surface area (Å²) in [5.41, 5.74) is -0.953. The molecule has 2 rings (SSSR count). The number of hydrogen-bond donors (Lipinski definition) is 0. The summed E-state index contributed by atoms with van der Waals surface area (Å²) in [6.45, 7) is 6.91. The van der Waals surface area contributed by atoms with Gasteiger partial charge in [-0.05, 0) is 13.5 Å². The number of carbonyl (C=O) groups is 1. The Hall–Kier alpha value is -1.73. The first-order valence-corrected chi connectivity index (χ1v) is 7.09. The van der Waals surface area contributed by atoms with Crippen LogP contribution in [0, 0.1) is 0 Å². The molecule has 1 aromatic heterocycles. The van der Waals surface area contributed by atoms with E-state index < -0.39 is 11.2 Å². The fraction of sp³-hybridized carbons (Fsp3) is 0.643. The monoisotopic (exact) mass is 295 g/mol. The number of rotatable bonds is 4. The summed E-state index contributed by atoms with van der Waals surface area (Å²) in [7, 11) is 1.38. The van der Waals surface area contributed by atoms with Crippen molar-refractivity contribution < 1.29 is 9.53 Å². The number of aromatic nitrogens is 2. The zero-order valence-electron chi connectivity index (χ0n) is 12.7. The van der Waals surface area contributed by atoms with Crippen molar-refractivity contribution in [1.82, 2.24) is 14.0 Å². The van der Waals surface area contributed by atoms with Gasteiger partial charge in [0.15, 0.2) is 5.78 Å². The first-order valence-electron chi connectivity index (χ1n) is 7.09. The summed E-state index contributed by atoms with van der Waals surface area (Å²) in [5, 5.41) is 0. The molecule has 1 aliphatic rings. The molecule has 1 fully saturated rings. The second-order valence-electron chi connectivity index (χ2n) is 5.28. The van der Waals surface area contributed by atoms with Crippen LogP contribution in [0.25, 0.3) is 0 Å². The minimum atomic E-state index is -0.552. The maximum absolute atomic E-state index is 12.1. The Bertz CT molecular complexity index is 647. The molecule has 1 aliphatic heterocycles. The molecule has 7 nitrogen and oxygen atoms in total. The first kappa shape index (κ1) is 15.7. The Balaban J connectivity index is 2.30. The van der Waals surface area contributed by atoms with Crippen LogP contribution in [-0.4, -0.2) is 52.2 Å². The number of ketones is 1. The number of hydrogen-bond acceptors (Lipinski definition) is 5. The van der Waals surface area contributed by atoms with Crippen LogP contribution in [-0.2, 0) is 18.3 Å². The molecule has 0 aromatic carbocycles. The van der Waals surface area contributed by atoms with Gasteiger partial charge in [0.2, 0.25) is 0 Å². The molecule has 0 bridgehead atoms. The van der Waals surface area contributed by atoms with Crippen LogP contribution in [0.2, 0.25) is 0 Å².